The van der Waals surface area contributed by atoms with Crippen LogP contribution in [0.1, 0.15) is 55.4 Å². The lowest BCUT2D eigenvalue weighted by atomic mass is 10.0. The Morgan fingerprint density at radius 2 is 0.649 bits per heavy atom. The molecule has 6 heterocycles. The molecule has 0 aromatic heterocycles. The maximum atomic E-state index is 6.58. The Balaban J connectivity index is 1.32. The molecule has 6 fully saturated rings. The Morgan fingerprint density at radius 1 is 0.351 bits per heavy atom. The van der Waals surface area contributed by atoms with Crippen molar-refractivity contribution < 1.29 is 56.8 Å². The predicted octanol–water partition coefficient (Wildman–Crippen LogP) is 1.77. The summed E-state index contributed by atoms with van der Waals surface area (Å²) >= 11 is 0. The Bertz CT molecular complexity index is 804. The predicted molar refractivity (Wildman–Crippen MR) is 122 cm³/mol. The molecule has 0 bridgehead atoms. The highest BCUT2D eigenvalue weighted by Gasteiger charge is 2.62. The number of ether oxygens (including phenoxy) is 12. The van der Waals surface area contributed by atoms with Gasteiger partial charge in [0.05, 0.1) is 26.4 Å². The van der Waals surface area contributed by atoms with Crippen LogP contribution in [0.15, 0.2) is 0 Å². The minimum absolute atomic E-state index is 0.102. The third kappa shape index (κ3) is 5.21. The largest absolute Gasteiger partial charge is 0.413 e. The number of fused-ring (bicyclic) bond motifs is 2. The smallest absolute Gasteiger partial charge is 0.348 e. The van der Waals surface area contributed by atoms with Crippen LogP contribution in [0.4, 0.5) is 0 Å². The van der Waals surface area contributed by atoms with Gasteiger partial charge in [0.2, 0.25) is 0 Å². The van der Waals surface area contributed by atoms with Crippen molar-refractivity contribution in [3.05, 3.63) is 0 Å². The van der Waals surface area contributed by atoms with Gasteiger partial charge in [-0.1, -0.05) is 0 Å². The molecule has 1 spiro atoms. The molecular weight excluding hydrogens is 492 g/mol. The van der Waals surface area contributed by atoms with Gasteiger partial charge in [-0.25, -0.2) is 0 Å². The van der Waals surface area contributed by atoms with Crippen LogP contribution >= 0.6 is 0 Å². The fraction of sp³-hybridized carbons (Fsp3) is 1.00. The van der Waals surface area contributed by atoms with E-state index in [4.69, 9.17) is 56.8 Å². The summed E-state index contributed by atoms with van der Waals surface area (Å²) in [5, 5.41) is 0. The Hall–Kier alpha value is -0.480. The van der Waals surface area contributed by atoms with Gasteiger partial charge < -0.3 is 47.4 Å². The molecule has 12 heteroatoms. The van der Waals surface area contributed by atoms with Gasteiger partial charge in [0.1, 0.15) is 48.8 Å². The highest BCUT2D eigenvalue weighted by Crippen LogP contribution is 2.45. The summed E-state index contributed by atoms with van der Waals surface area (Å²) in [5.41, 5.74) is 0. The van der Waals surface area contributed by atoms with Crippen LogP contribution in [0.25, 0.3) is 0 Å². The second-order valence-electron chi connectivity index (χ2n) is 12.3. The van der Waals surface area contributed by atoms with E-state index in [0.29, 0.717) is 13.2 Å². The zero-order valence-electron chi connectivity index (χ0n) is 22.8. The van der Waals surface area contributed by atoms with E-state index >= 15 is 0 Å². The summed E-state index contributed by atoms with van der Waals surface area (Å²) in [7, 11) is 0. The van der Waals surface area contributed by atoms with Gasteiger partial charge in [-0.05, 0) is 55.4 Å². The SMILES string of the molecule is CC1(C)OCC(C2OC3(OCC4OC(C)(C)OC42)OCC2OC(C)(C)OC2C(C2COC(C)(C)O2)O3)O1. The highest BCUT2D eigenvalue weighted by atomic mass is 17.0. The fourth-order valence-electron chi connectivity index (χ4n) is 5.91. The van der Waals surface area contributed by atoms with Gasteiger partial charge >= 0.3 is 6.16 Å². The highest BCUT2D eigenvalue weighted by molar-refractivity contribution is 4.98. The van der Waals surface area contributed by atoms with E-state index in [1.807, 2.05) is 55.4 Å². The zero-order valence-corrected chi connectivity index (χ0v) is 22.8. The molecule has 0 aromatic rings. The molecular formula is C25H40O12. The summed E-state index contributed by atoms with van der Waals surface area (Å²) in [5.74, 6) is -3.20. The summed E-state index contributed by atoms with van der Waals surface area (Å²) in [4.78, 5) is 0. The van der Waals surface area contributed by atoms with E-state index in [1.54, 1.807) is 0 Å². The molecule has 6 aliphatic heterocycles. The van der Waals surface area contributed by atoms with E-state index < -0.39 is 78.1 Å². The van der Waals surface area contributed by atoms with E-state index in [-0.39, 0.29) is 13.2 Å². The van der Waals surface area contributed by atoms with Crippen LogP contribution in [-0.4, -0.2) is 105 Å². The monoisotopic (exact) mass is 532 g/mol. The third-order valence-electron chi connectivity index (χ3n) is 7.29. The van der Waals surface area contributed by atoms with Crippen molar-refractivity contribution in [2.24, 2.45) is 0 Å². The minimum atomic E-state index is -1.91. The Morgan fingerprint density at radius 3 is 0.973 bits per heavy atom. The first-order valence-corrected chi connectivity index (χ1v) is 13.1. The van der Waals surface area contributed by atoms with Crippen molar-refractivity contribution in [2.75, 3.05) is 26.4 Å². The Labute approximate surface area is 217 Å². The van der Waals surface area contributed by atoms with Gasteiger partial charge in [-0.2, -0.15) is 0 Å². The van der Waals surface area contributed by atoms with Crippen molar-refractivity contribution in [3.63, 3.8) is 0 Å². The van der Waals surface area contributed by atoms with Crippen molar-refractivity contribution in [1.82, 2.24) is 0 Å². The normalized spacial score (nSPS) is 49.9. The molecule has 212 valence electrons. The quantitative estimate of drug-likeness (QED) is 0.517. The fourth-order valence-corrected chi connectivity index (χ4v) is 5.91. The van der Waals surface area contributed by atoms with E-state index in [2.05, 4.69) is 0 Å². The standard InChI is InChI=1S/C25H40O12/c1-21(2)26-9-13(30-21)19-17-15(32-23(5,6)34-17)11-28-25(36-19)29-12-16-18(35-24(7,8)33-16)20(37-25)14-10-27-22(3,4)31-14/h13-20H,9-12H2,1-8H3. The van der Waals surface area contributed by atoms with Gasteiger partial charge in [-0.3, -0.25) is 9.47 Å². The van der Waals surface area contributed by atoms with Crippen molar-refractivity contribution in [2.45, 2.75) is 134 Å². The average molecular weight is 533 g/mol. The molecule has 6 aliphatic rings. The van der Waals surface area contributed by atoms with Gasteiger partial charge in [0.25, 0.3) is 0 Å². The second-order valence-corrected chi connectivity index (χ2v) is 12.3. The second kappa shape index (κ2) is 8.76. The molecule has 37 heavy (non-hydrogen) atoms. The molecule has 0 aromatic carbocycles. The molecule has 12 nitrogen and oxygen atoms in total. The number of hydrogen-bond donors (Lipinski definition) is 0. The van der Waals surface area contributed by atoms with Gasteiger partial charge in [0, 0.05) is 0 Å². The number of rotatable bonds is 2. The van der Waals surface area contributed by atoms with Crippen molar-refractivity contribution in [1.29, 1.82) is 0 Å². The first-order valence-electron chi connectivity index (χ1n) is 13.1. The molecule has 6 rings (SSSR count). The topological polar surface area (TPSA) is 111 Å². The summed E-state index contributed by atoms with van der Waals surface area (Å²) in [6.07, 6.45) is -6.18. The van der Waals surface area contributed by atoms with Crippen LogP contribution in [0, 0.1) is 0 Å². The lowest BCUT2D eigenvalue weighted by molar-refractivity contribution is -0.519. The van der Waals surface area contributed by atoms with Crippen LogP contribution in [-0.2, 0) is 56.8 Å². The van der Waals surface area contributed by atoms with Crippen LogP contribution in [0.2, 0.25) is 0 Å². The third-order valence-corrected chi connectivity index (χ3v) is 7.29. The van der Waals surface area contributed by atoms with Gasteiger partial charge in [-0.15, -0.1) is 0 Å². The molecule has 8 unspecified atom stereocenters. The molecule has 6 saturated heterocycles. The molecule has 0 radical (unpaired) electrons. The van der Waals surface area contributed by atoms with Crippen molar-refractivity contribution in [3.8, 4) is 0 Å². The first-order chi connectivity index (χ1) is 17.1. The van der Waals surface area contributed by atoms with Crippen molar-refractivity contribution >= 4 is 0 Å². The van der Waals surface area contributed by atoms with Gasteiger partial charge in [0.15, 0.2) is 23.1 Å². The molecule has 0 aliphatic carbocycles. The summed E-state index contributed by atoms with van der Waals surface area (Å²) < 4.78 is 74.7. The minimum Gasteiger partial charge on any atom is -0.348 e. The molecule has 8 atom stereocenters. The van der Waals surface area contributed by atoms with Crippen LogP contribution in [0.5, 0.6) is 0 Å². The molecule has 0 saturated carbocycles. The lowest BCUT2D eigenvalue weighted by Gasteiger charge is -2.38. The summed E-state index contributed by atoms with van der Waals surface area (Å²) in [6, 6.07) is 0. The molecule has 0 N–H and O–H groups in total. The van der Waals surface area contributed by atoms with Crippen LogP contribution < -0.4 is 0 Å². The number of hydrogen-bond acceptors (Lipinski definition) is 12. The van der Waals surface area contributed by atoms with Crippen LogP contribution in [0.3, 0.4) is 0 Å². The zero-order chi connectivity index (χ0) is 26.4. The first kappa shape index (κ1) is 26.7. The lowest BCUT2D eigenvalue weighted by Crippen LogP contribution is -2.54. The summed E-state index contributed by atoms with van der Waals surface area (Å²) in [6.45, 7) is 15.6. The molecule has 0 amide bonds. The maximum absolute atomic E-state index is 6.58. The average Bonchev–Trinajstić information content (AvgIpc) is 3.45. The maximum Gasteiger partial charge on any atom is 0.413 e. The van der Waals surface area contributed by atoms with E-state index in [1.165, 1.54) is 0 Å². The van der Waals surface area contributed by atoms with E-state index in [0.717, 1.165) is 0 Å². The Kier molecular flexibility index (Phi) is 6.33. The van der Waals surface area contributed by atoms with E-state index in [9.17, 15) is 0 Å².